The molecule has 3 nitrogen and oxygen atoms in total. The average Bonchev–Trinajstić information content (AvgIpc) is 2.71. The van der Waals surface area contributed by atoms with Crippen molar-refractivity contribution < 1.29 is 9.90 Å². The molecule has 2 N–H and O–H groups in total. The van der Waals surface area contributed by atoms with Gasteiger partial charge in [-0.05, 0) is 23.8 Å². The van der Waals surface area contributed by atoms with E-state index in [9.17, 15) is 4.79 Å². The van der Waals surface area contributed by atoms with E-state index in [-0.39, 0.29) is 5.69 Å². The molecule has 2 rings (SSSR count). The van der Waals surface area contributed by atoms with Crippen molar-refractivity contribution >= 4 is 29.2 Å². The molecule has 0 unspecified atom stereocenters. The van der Waals surface area contributed by atoms with Gasteiger partial charge in [0.2, 0.25) is 0 Å². The van der Waals surface area contributed by atoms with Gasteiger partial charge in [0, 0.05) is 11.8 Å². The van der Waals surface area contributed by atoms with Crippen LogP contribution in [0.3, 0.4) is 0 Å². The zero-order valence-electron chi connectivity index (χ0n) is 8.00. The summed E-state index contributed by atoms with van der Waals surface area (Å²) in [5.74, 6) is -1.01. The van der Waals surface area contributed by atoms with Crippen LogP contribution in [0.4, 0.5) is 0 Å². The summed E-state index contributed by atoms with van der Waals surface area (Å²) in [7, 11) is 0. The van der Waals surface area contributed by atoms with Gasteiger partial charge in [-0.3, -0.25) is 0 Å². The number of aromatic carboxylic acids is 1. The standard InChI is InChI=1S/C11H7Cl2NO2/c12-8-2-1-6(5-9(8)13)7-3-4-14-10(7)11(15)16/h1-5,14H,(H,15,16). The average molecular weight is 256 g/mol. The molecule has 0 spiro atoms. The minimum absolute atomic E-state index is 0.137. The van der Waals surface area contributed by atoms with Gasteiger partial charge in [-0.15, -0.1) is 0 Å². The second kappa shape index (κ2) is 4.20. The Labute approximate surface area is 102 Å². The van der Waals surface area contributed by atoms with Gasteiger partial charge in [0.1, 0.15) is 5.69 Å². The Morgan fingerprint density at radius 1 is 1.19 bits per heavy atom. The molecule has 5 heteroatoms. The highest BCUT2D eigenvalue weighted by Crippen LogP contribution is 2.30. The van der Waals surface area contributed by atoms with E-state index >= 15 is 0 Å². The van der Waals surface area contributed by atoms with Gasteiger partial charge >= 0.3 is 5.97 Å². The molecule has 16 heavy (non-hydrogen) atoms. The molecule has 0 saturated heterocycles. The van der Waals surface area contributed by atoms with Crippen LogP contribution in [0.5, 0.6) is 0 Å². The molecule has 2 aromatic rings. The van der Waals surface area contributed by atoms with Crippen molar-refractivity contribution in [2.24, 2.45) is 0 Å². The lowest BCUT2D eigenvalue weighted by Crippen LogP contribution is -1.98. The smallest absolute Gasteiger partial charge is 0.352 e. The van der Waals surface area contributed by atoms with E-state index in [1.807, 2.05) is 0 Å². The van der Waals surface area contributed by atoms with E-state index in [4.69, 9.17) is 28.3 Å². The summed E-state index contributed by atoms with van der Waals surface area (Å²) in [6, 6.07) is 6.68. The van der Waals surface area contributed by atoms with Crippen molar-refractivity contribution in [3.63, 3.8) is 0 Å². The van der Waals surface area contributed by atoms with E-state index in [2.05, 4.69) is 4.98 Å². The molecule has 0 bridgehead atoms. The minimum Gasteiger partial charge on any atom is -0.477 e. The fourth-order valence-electron chi connectivity index (χ4n) is 1.45. The topological polar surface area (TPSA) is 53.1 Å². The molecule has 0 aliphatic heterocycles. The largest absolute Gasteiger partial charge is 0.477 e. The van der Waals surface area contributed by atoms with E-state index < -0.39 is 5.97 Å². The van der Waals surface area contributed by atoms with Gasteiger partial charge in [-0.2, -0.15) is 0 Å². The van der Waals surface area contributed by atoms with E-state index in [0.29, 0.717) is 21.2 Å². The fraction of sp³-hybridized carbons (Fsp3) is 0. The maximum absolute atomic E-state index is 10.9. The van der Waals surface area contributed by atoms with Crippen LogP contribution in [-0.4, -0.2) is 16.1 Å². The van der Waals surface area contributed by atoms with Crippen LogP contribution in [0.15, 0.2) is 30.5 Å². The third-order valence-electron chi connectivity index (χ3n) is 2.19. The van der Waals surface area contributed by atoms with Crippen LogP contribution in [-0.2, 0) is 0 Å². The monoisotopic (exact) mass is 255 g/mol. The highest BCUT2D eigenvalue weighted by atomic mass is 35.5. The summed E-state index contributed by atoms with van der Waals surface area (Å²) in [6.45, 7) is 0. The quantitative estimate of drug-likeness (QED) is 0.860. The van der Waals surface area contributed by atoms with Gasteiger partial charge in [0.15, 0.2) is 0 Å². The second-order valence-corrected chi connectivity index (χ2v) is 4.01. The van der Waals surface area contributed by atoms with Gasteiger partial charge in [0.05, 0.1) is 10.0 Å². The van der Waals surface area contributed by atoms with Gasteiger partial charge in [-0.1, -0.05) is 29.3 Å². The molecular formula is C11H7Cl2NO2. The number of H-pyrrole nitrogens is 1. The number of carboxylic acids is 1. The molecule has 0 fully saturated rings. The first-order valence-corrected chi connectivity index (χ1v) is 5.21. The summed E-state index contributed by atoms with van der Waals surface area (Å²) in [6.07, 6.45) is 1.57. The number of hydrogen-bond acceptors (Lipinski definition) is 1. The lowest BCUT2D eigenvalue weighted by Gasteiger charge is -2.02. The van der Waals surface area contributed by atoms with Gasteiger partial charge in [0.25, 0.3) is 0 Å². The predicted molar refractivity (Wildman–Crippen MR) is 63.2 cm³/mol. The van der Waals surface area contributed by atoms with Crippen molar-refractivity contribution in [1.82, 2.24) is 4.98 Å². The van der Waals surface area contributed by atoms with Crippen LogP contribution in [0.1, 0.15) is 10.5 Å². The van der Waals surface area contributed by atoms with Gasteiger partial charge < -0.3 is 10.1 Å². The molecule has 1 aromatic carbocycles. The number of halogens is 2. The maximum Gasteiger partial charge on any atom is 0.352 e. The third-order valence-corrected chi connectivity index (χ3v) is 2.93. The Bertz CT molecular complexity index is 549. The number of benzene rings is 1. The fourth-order valence-corrected chi connectivity index (χ4v) is 1.75. The Morgan fingerprint density at radius 2 is 1.94 bits per heavy atom. The first-order valence-electron chi connectivity index (χ1n) is 4.45. The van der Waals surface area contributed by atoms with E-state index in [0.717, 1.165) is 0 Å². The predicted octanol–water partition coefficient (Wildman–Crippen LogP) is 3.69. The molecule has 0 saturated carbocycles. The molecule has 0 atom stereocenters. The Hall–Kier alpha value is -1.45. The Kier molecular flexibility index (Phi) is 2.90. The number of nitrogens with one attached hydrogen (secondary N) is 1. The van der Waals surface area contributed by atoms with Crippen LogP contribution in [0, 0.1) is 0 Å². The first-order chi connectivity index (χ1) is 7.59. The van der Waals surface area contributed by atoms with Crippen LogP contribution in [0.25, 0.3) is 11.1 Å². The van der Waals surface area contributed by atoms with E-state index in [1.165, 1.54) is 0 Å². The molecule has 1 aromatic heterocycles. The number of carbonyl (C=O) groups is 1. The molecule has 0 aliphatic rings. The number of rotatable bonds is 2. The molecular weight excluding hydrogens is 249 g/mol. The van der Waals surface area contributed by atoms with Crippen molar-refractivity contribution in [1.29, 1.82) is 0 Å². The van der Waals surface area contributed by atoms with Crippen molar-refractivity contribution in [3.8, 4) is 11.1 Å². The molecule has 0 aliphatic carbocycles. The number of aromatic amines is 1. The number of hydrogen-bond donors (Lipinski definition) is 2. The highest BCUT2D eigenvalue weighted by molar-refractivity contribution is 6.42. The minimum atomic E-state index is -1.01. The SMILES string of the molecule is O=C(O)c1[nH]ccc1-c1ccc(Cl)c(Cl)c1. The maximum atomic E-state index is 10.9. The van der Waals surface area contributed by atoms with Gasteiger partial charge in [-0.25, -0.2) is 4.79 Å². The molecule has 0 amide bonds. The second-order valence-electron chi connectivity index (χ2n) is 3.20. The van der Waals surface area contributed by atoms with Crippen LogP contribution >= 0.6 is 23.2 Å². The summed E-state index contributed by atoms with van der Waals surface area (Å²) in [5.41, 5.74) is 1.44. The normalized spacial score (nSPS) is 10.4. The summed E-state index contributed by atoms with van der Waals surface area (Å²) in [5, 5.41) is 9.79. The summed E-state index contributed by atoms with van der Waals surface area (Å²) in [4.78, 5) is 13.6. The lowest BCUT2D eigenvalue weighted by molar-refractivity contribution is 0.0692. The first kappa shape index (κ1) is 11.0. The number of aromatic nitrogens is 1. The Morgan fingerprint density at radius 3 is 2.56 bits per heavy atom. The third kappa shape index (κ3) is 1.92. The Balaban J connectivity index is 2.54. The van der Waals surface area contributed by atoms with Crippen molar-refractivity contribution in [2.75, 3.05) is 0 Å². The number of carboxylic acid groups (broad SMARTS) is 1. The summed E-state index contributed by atoms with van der Waals surface area (Å²) >= 11 is 11.7. The lowest BCUT2D eigenvalue weighted by atomic mass is 10.1. The van der Waals surface area contributed by atoms with Crippen LogP contribution < -0.4 is 0 Å². The highest BCUT2D eigenvalue weighted by Gasteiger charge is 2.13. The van der Waals surface area contributed by atoms with Crippen molar-refractivity contribution in [2.45, 2.75) is 0 Å². The molecule has 1 heterocycles. The van der Waals surface area contributed by atoms with Crippen molar-refractivity contribution in [3.05, 3.63) is 46.2 Å². The zero-order valence-corrected chi connectivity index (χ0v) is 9.51. The molecule has 0 radical (unpaired) electrons. The summed E-state index contributed by atoms with van der Waals surface area (Å²) < 4.78 is 0. The van der Waals surface area contributed by atoms with Crippen LogP contribution in [0.2, 0.25) is 10.0 Å². The molecule has 82 valence electrons. The van der Waals surface area contributed by atoms with E-state index in [1.54, 1.807) is 30.5 Å². The zero-order chi connectivity index (χ0) is 11.7.